The number of ether oxygens (including phenoxy) is 2. The zero-order valence-corrected chi connectivity index (χ0v) is 11.8. The first-order valence-electron chi connectivity index (χ1n) is 6.48. The van der Waals surface area contributed by atoms with E-state index >= 15 is 0 Å². The van der Waals surface area contributed by atoms with E-state index in [1.807, 2.05) is 27.7 Å². The molecule has 4 heteroatoms. The number of esters is 2. The molecule has 2 atom stereocenters. The van der Waals surface area contributed by atoms with Crippen LogP contribution in [0, 0.1) is 0 Å². The van der Waals surface area contributed by atoms with Crippen LogP contribution in [-0.2, 0) is 19.1 Å². The molecule has 0 rings (SSSR count). The minimum Gasteiger partial charge on any atom is -0.463 e. The summed E-state index contributed by atoms with van der Waals surface area (Å²) >= 11 is 0. The Morgan fingerprint density at radius 2 is 1.50 bits per heavy atom. The summed E-state index contributed by atoms with van der Waals surface area (Å²) in [4.78, 5) is 22.9. The molecular formula is C14H24O4. The standard InChI is InChI=1S/C14H24O4/c1-6-11(4)17-13(15)9-8-10(3)14(16)18-12(5)7-2/h11-12H,3,6-9H2,1-2,4-5H3. The van der Waals surface area contributed by atoms with Gasteiger partial charge in [0.2, 0.25) is 0 Å². The molecule has 0 aromatic rings. The van der Waals surface area contributed by atoms with Gasteiger partial charge in [0, 0.05) is 12.0 Å². The average Bonchev–Trinajstić information content (AvgIpc) is 2.35. The second-order valence-corrected chi connectivity index (χ2v) is 4.44. The Morgan fingerprint density at radius 3 is 2.00 bits per heavy atom. The molecule has 0 saturated heterocycles. The van der Waals surface area contributed by atoms with Gasteiger partial charge < -0.3 is 9.47 Å². The molecule has 0 aromatic heterocycles. The van der Waals surface area contributed by atoms with E-state index in [0.717, 1.165) is 12.8 Å². The van der Waals surface area contributed by atoms with Crippen LogP contribution < -0.4 is 0 Å². The molecule has 0 radical (unpaired) electrons. The molecular weight excluding hydrogens is 232 g/mol. The van der Waals surface area contributed by atoms with Crippen LogP contribution in [0.4, 0.5) is 0 Å². The van der Waals surface area contributed by atoms with Crippen molar-refractivity contribution in [2.75, 3.05) is 0 Å². The lowest BCUT2D eigenvalue weighted by Crippen LogP contribution is -2.17. The molecule has 0 amide bonds. The third kappa shape index (κ3) is 7.09. The zero-order chi connectivity index (χ0) is 14.1. The molecule has 0 spiro atoms. The van der Waals surface area contributed by atoms with Gasteiger partial charge >= 0.3 is 11.9 Å². The van der Waals surface area contributed by atoms with Crippen molar-refractivity contribution in [3.05, 3.63) is 12.2 Å². The first-order chi connectivity index (χ1) is 8.40. The largest absolute Gasteiger partial charge is 0.463 e. The van der Waals surface area contributed by atoms with Crippen molar-refractivity contribution < 1.29 is 19.1 Å². The molecule has 18 heavy (non-hydrogen) atoms. The molecule has 0 aromatic carbocycles. The fourth-order valence-electron chi connectivity index (χ4n) is 1.07. The lowest BCUT2D eigenvalue weighted by molar-refractivity contribution is -0.148. The summed E-state index contributed by atoms with van der Waals surface area (Å²) in [6, 6.07) is 0. The fourth-order valence-corrected chi connectivity index (χ4v) is 1.07. The van der Waals surface area contributed by atoms with Crippen LogP contribution >= 0.6 is 0 Å². The Morgan fingerprint density at radius 1 is 1.00 bits per heavy atom. The lowest BCUT2D eigenvalue weighted by atomic mass is 10.1. The number of rotatable bonds is 8. The summed E-state index contributed by atoms with van der Waals surface area (Å²) in [7, 11) is 0. The van der Waals surface area contributed by atoms with Gasteiger partial charge in [-0.3, -0.25) is 4.79 Å². The lowest BCUT2D eigenvalue weighted by Gasteiger charge is -2.13. The van der Waals surface area contributed by atoms with Crippen molar-refractivity contribution in [3.8, 4) is 0 Å². The fraction of sp³-hybridized carbons (Fsp3) is 0.714. The number of hydrogen-bond donors (Lipinski definition) is 0. The predicted molar refractivity (Wildman–Crippen MR) is 70.1 cm³/mol. The number of carbonyl (C=O) groups excluding carboxylic acids is 2. The van der Waals surface area contributed by atoms with E-state index < -0.39 is 5.97 Å². The van der Waals surface area contributed by atoms with Crippen LogP contribution in [0.1, 0.15) is 53.4 Å². The minimum absolute atomic E-state index is 0.0853. The van der Waals surface area contributed by atoms with E-state index in [-0.39, 0.29) is 31.0 Å². The topological polar surface area (TPSA) is 52.6 Å². The smallest absolute Gasteiger partial charge is 0.333 e. The maximum Gasteiger partial charge on any atom is 0.333 e. The van der Waals surface area contributed by atoms with Crippen LogP contribution in [0.5, 0.6) is 0 Å². The van der Waals surface area contributed by atoms with Gasteiger partial charge in [-0.15, -0.1) is 0 Å². The summed E-state index contributed by atoms with van der Waals surface area (Å²) in [5.41, 5.74) is 0.316. The third-order valence-corrected chi connectivity index (χ3v) is 2.71. The van der Waals surface area contributed by atoms with Crippen LogP contribution in [-0.4, -0.2) is 24.1 Å². The monoisotopic (exact) mass is 256 g/mol. The molecule has 104 valence electrons. The Hall–Kier alpha value is -1.32. The van der Waals surface area contributed by atoms with E-state index in [0.29, 0.717) is 5.57 Å². The summed E-state index contributed by atoms with van der Waals surface area (Å²) in [6.45, 7) is 11.2. The molecule has 0 fully saturated rings. The Kier molecular flexibility index (Phi) is 8.08. The van der Waals surface area contributed by atoms with Gasteiger partial charge in [0.15, 0.2) is 0 Å². The van der Waals surface area contributed by atoms with Gasteiger partial charge in [0.05, 0.1) is 12.2 Å². The highest BCUT2D eigenvalue weighted by Crippen LogP contribution is 2.10. The maximum atomic E-state index is 11.5. The molecule has 0 heterocycles. The van der Waals surface area contributed by atoms with Crippen LogP contribution in [0.15, 0.2) is 12.2 Å². The predicted octanol–water partition coefficient (Wildman–Crippen LogP) is 3.01. The highest BCUT2D eigenvalue weighted by Gasteiger charge is 2.14. The van der Waals surface area contributed by atoms with E-state index in [9.17, 15) is 9.59 Å². The Labute approximate surface area is 109 Å². The molecule has 0 bridgehead atoms. The van der Waals surface area contributed by atoms with Gasteiger partial charge in [-0.05, 0) is 33.1 Å². The molecule has 4 nitrogen and oxygen atoms in total. The van der Waals surface area contributed by atoms with Crippen molar-refractivity contribution in [1.29, 1.82) is 0 Å². The summed E-state index contributed by atoms with van der Waals surface area (Å²) in [5.74, 6) is -0.734. The zero-order valence-electron chi connectivity index (χ0n) is 11.8. The first kappa shape index (κ1) is 16.7. The second kappa shape index (κ2) is 8.72. The van der Waals surface area contributed by atoms with Crippen molar-refractivity contribution in [1.82, 2.24) is 0 Å². The molecule has 0 aliphatic heterocycles. The Balaban J connectivity index is 3.95. The second-order valence-electron chi connectivity index (χ2n) is 4.44. The van der Waals surface area contributed by atoms with Gasteiger partial charge in [-0.1, -0.05) is 20.4 Å². The van der Waals surface area contributed by atoms with Crippen LogP contribution in [0.2, 0.25) is 0 Å². The van der Waals surface area contributed by atoms with Crippen molar-refractivity contribution in [2.24, 2.45) is 0 Å². The third-order valence-electron chi connectivity index (χ3n) is 2.71. The number of hydrogen-bond acceptors (Lipinski definition) is 4. The SMILES string of the molecule is C=C(CCC(=O)OC(C)CC)C(=O)OC(C)CC. The van der Waals surface area contributed by atoms with Gasteiger partial charge in [-0.2, -0.15) is 0 Å². The molecule has 2 unspecified atom stereocenters. The van der Waals surface area contributed by atoms with Gasteiger partial charge in [0.1, 0.15) is 0 Å². The van der Waals surface area contributed by atoms with Crippen molar-refractivity contribution in [3.63, 3.8) is 0 Å². The van der Waals surface area contributed by atoms with Crippen LogP contribution in [0.25, 0.3) is 0 Å². The van der Waals surface area contributed by atoms with E-state index in [2.05, 4.69) is 6.58 Å². The summed E-state index contributed by atoms with van der Waals surface area (Å²) in [6.07, 6.45) is 1.78. The Bertz CT molecular complexity index is 296. The highest BCUT2D eigenvalue weighted by molar-refractivity contribution is 5.88. The van der Waals surface area contributed by atoms with Crippen molar-refractivity contribution >= 4 is 11.9 Å². The number of carbonyl (C=O) groups is 2. The first-order valence-corrected chi connectivity index (χ1v) is 6.48. The normalized spacial score (nSPS) is 13.6. The van der Waals surface area contributed by atoms with E-state index in [4.69, 9.17) is 9.47 Å². The maximum absolute atomic E-state index is 11.5. The van der Waals surface area contributed by atoms with E-state index in [1.54, 1.807) is 0 Å². The minimum atomic E-state index is -0.430. The average molecular weight is 256 g/mol. The quantitative estimate of drug-likeness (QED) is 0.495. The van der Waals surface area contributed by atoms with Gasteiger partial charge in [0.25, 0.3) is 0 Å². The molecule has 0 saturated carbocycles. The van der Waals surface area contributed by atoms with Crippen molar-refractivity contribution in [2.45, 2.75) is 65.6 Å². The van der Waals surface area contributed by atoms with Crippen LogP contribution in [0.3, 0.4) is 0 Å². The van der Waals surface area contributed by atoms with E-state index in [1.165, 1.54) is 0 Å². The molecule has 0 N–H and O–H groups in total. The van der Waals surface area contributed by atoms with Gasteiger partial charge in [-0.25, -0.2) is 4.79 Å². The summed E-state index contributed by atoms with van der Waals surface area (Å²) < 4.78 is 10.2. The summed E-state index contributed by atoms with van der Waals surface area (Å²) in [5, 5.41) is 0. The molecule has 0 aliphatic carbocycles. The molecule has 0 aliphatic rings. The highest BCUT2D eigenvalue weighted by atomic mass is 16.5.